The third kappa shape index (κ3) is 8.18. The average molecular weight is 480 g/mol. The Kier molecular flexibility index (Phi) is 10.2. The maximum absolute atomic E-state index is 12.6. The van der Waals surface area contributed by atoms with E-state index in [-0.39, 0.29) is 26.2 Å². The van der Waals surface area contributed by atoms with Crippen molar-refractivity contribution in [2.75, 3.05) is 59.7 Å². The lowest BCUT2D eigenvalue weighted by Gasteiger charge is -2.37. The fourth-order valence-corrected chi connectivity index (χ4v) is 5.09. The lowest BCUT2D eigenvalue weighted by molar-refractivity contribution is -0.146. The fourth-order valence-electron chi connectivity index (χ4n) is 3.12. The molecule has 2 aliphatic heterocycles. The molecule has 2 aliphatic rings. The van der Waals surface area contributed by atoms with Gasteiger partial charge in [-0.05, 0) is 6.92 Å². The number of nitrogens with zero attached hydrogens (tertiary/aromatic N) is 1. The summed E-state index contributed by atoms with van der Waals surface area (Å²) in [6.45, 7) is 8.82. The molecule has 3 N–H and O–H groups in total. The van der Waals surface area contributed by atoms with Crippen molar-refractivity contribution in [1.82, 2.24) is 15.3 Å². The molecule has 0 aromatic rings. The van der Waals surface area contributed by atoms with E-state index in [0.29, 0.717) is 19.8 Å². The lowest BCUT2D eigenvalue weighted by atomic mass is 9.87. The fraction of sp³-hybridized carbons (Fsp3) is 0.842. The zero-order chi connectivity index (χ0) is 23.8. The van der Waals surface area contributed by atoms with Gasteiger partial charge in [-0.2, -0.15) is 9.42 Å². The number of carbonyl (C=O) groups is 3. The number of ether oxygens (including phenoxy) is 3. The van der Waals surface area contributed by atoms with E-state index in [0.717, 1.165) is 13.1 Å². The van der Waals surface area contributed by atoms with Gasteiger partial charge in [-0.15, -0.1) is 9.61 Å². The van der Waals surface area contributed by atoms with Gasteiger partial charge in [0, 0.05) is 31.6 Å². The van der Waals surface area contributed by atoms with Crippen LogP contribution in [0.5, 0.6) is 0 Å². The number of hydrogen-bond donors (Lipinski definition) is 3. The number of nitrogens with one attached hydrogen (secondary N) is 2. The summed E-state index contributed by atoms with van der Waals surface area (Å²) < 4.78 is 26.2. The standard InChI is InChI=1S/C19H34N3O9P/c1-14(18(25)29-12-9-22-7-10-28-11-8-22)21-32(26)30-13-19(2,3)16(31-32)17(24)20-6-5-15(23)27-4/h14,16,21,26H,5-13H2,1-4H3/p+1/t14-,16-,32?/m0/s1. The van der Waals surface area contributed by atoms with Gasteiger partial charge in [0.05, 0.1) is 26.7 Å². The van der Waals surface area contributed by atoms with Gasteiger partial charge in [0.15, 0.2) is 6.10 Å². The van der Waals surface area contributed by atoms with Crippen LogP contribution in [0.4, 0.5) is 0 Å². The van der Waals surface area contributed by atoms with Crippen LogP contribution in [0.25, 0.3) is 0 Å². The minimum Gasteiger partial charge on any atom is -0.469 e. The molecule has 0 radical (unpaired) electrons. The van der Waals surface area contributed by atoms with Crippen molar-refractivity contribution in [2.45, 2.75) is 39.3 Å². The van der Waals surface area contributed by atoms with Crippen molar-refractivity contribution in [2.24, 2.45) is 5.41 Å². The number of methoxy groups -OCH3 is 1. The predicted molar refractivity (Wildman–Crippen MR) is 114 cm³/mol. The summed E-state index contributed by atoms with van der Waals surface area (Å²) in [6, 6.07) is -0.915. The largest absolute Gasteiger partial charge is 0.500 e. The molecule has 1 amide bonds. The lowest BCUT2D eigenvalue weighted by Crippen LogP contribution is -2.53. The highest BCUT2D eigenvalue weighted by Crippen LogP contribution is 2.60. The van der Waals surface area contributed by atoms with E-state index in [4.69, 9.17) is 18.5 Å². The van der Waals surface area contributed by atoms with Gasteiger partial charge in [-0.25, -0.2) is 0 Å². The zero-order valence-electron chi connectivity index (χ0n) is 19.1. The van der Waals surface area contributed by atoms with Crippen LogP contribution >= 0.6 is 8.09 Å². The van der Waals surface area contributed by atoms with E-state index in [1.807, 2.05) is 0 Å². The molecule has 2 heterocycles. The molecule has 13 heteroatoms. The first kappa shape index (κ1) is 26.8. The number of amides is 1. The molecular formula is C19H35N3O9P+. The van der Waals surface area contributed by atoms with Crippen LogP contribution < -0.4 is 10.4 Å². The van der Waals surface area contributed by atoms with E-state index >= 15 is 0 Å². The van der Waals surface area contributed by atoms with Crippen molar-refractivity contribution < 1.29 is 42.5 Å². The molecule has 0 bridgehead atoms. The molecule has 1 unspecified atom stereocenters. The van der Waals surface area contributed by atoms with Gasteiger partial charge in [-0.3, -0.25) is 19.3 Å². The highest BCUT2D eigenvalue weighted by atomic mass is 31.2. The van der Waals surface area contributed by atoms with Gasteiger partial charge in [0.1, 0.15) is 19.3 Å². The molecule has 0 saturated carbocycles. The molecule has 0 aliphatic carbocycles. The smallest absolute Gasteiger partial charge is 0.469 e. The molecule has 2 saturated heterocycles. The number of morpholine rings is 1. The van der Waals surface area contributed by atoms with Gasteiger partial charge in [-0.1, -0.05) is 13.8 Å². The van der Waals surface area contributed by atoms with Crippen molar-refractivity contribution in [3.05, 3.63) is 0 Å². The second kappa shape index (κ2) is 12.2. The number of hydrogen-bond acceptors (Lipinski definition) is 11. The Bertz CT molecular complexity index is 660. The van der Waals surface area contributed by atoms with Crippen molar-refractivity contribution in [1.29, 1.82) is 0 Å². The van der Waals surface area contributed by atoms with Crippen LogP contribution in [0.1, 0.15) is 27.2 Å². The highest BCUT2D eigenvalue weighted by molar-refractivity contribution is 7.58. The zero-order valence-corrected chi connectivity index (χ0v) is 20.0. The van der Waals surface area contributed by atoms with Crippen molar-refractivity contribution in [3.63, 3.8) is 0 Å². The maximum atomic E-state index is 12.6. The summed E-state index contributed by atoms with van der Waals surface area (Å²) in [4.78, 5) is 49.1. The topological polar surface area (TPSA) is 145 Å². The Morgan fingerprint density at radius 1 is 1.28 bits per heavy atom. The van der Waals surface area contributed by atoms with E-state index in [2.05, 4.69) is 20.0 Å². The summed E-state index contributed by atoms with van der Waals surface area (Å²) in [5, 5.41) is 5.25. The predicted octanol–water partition coefficient (Wildman–Crippen LogP) is -0.369. The van der Waals surface area contributed by atoms with Crippen LogP contribution in [0, 0.1) is 5.41 Å². The van der Waals surface area contributed by atoms with Gasteiger partial charge < -0.3 is 19.5 Å². The summed E-state index contributed by atoms with van der Waals surface area (Å²) >= 11 is 0. The summed E-state index contributed by atoms with van der Waals surface area (Å²) in [6.07, 6.45) is -1.04. The molecule has 12 nitrogen and oxygen atoms in total. The first-order valence-electron chi connectivity index (χ1n) is 10.6. The van der Waals surface area contributed by atoms with Crippen molar-refractivity contribution >= 4 is 25.9 Å². The Labute approximate surface area is 188 Å². The van der Waals surface area contributed by atoms with Crippen molar-refractivity contribution in [3.8, 4) is 0 Å². The molecule has 184 valence electrons. The molecule has 32 heavy (non-hydrogen) atoms. The van der Waals surface area contributed by atoms with Crippen LogP contribution in [0.3, 0.4) is 0 Å². The SMILES string of the molecule is COC(=O)CCNC(=O)[C@@H]1O[P+](O)(N[C@@H](C)C(=O)OCCN2CCOCC2)OCC1(C)C. The molecule has 0 aromatic heterocycles. The number of esters is 2. The van der Waals surface area contributed by atoms with Crippen LogP contribution in [0.2, 0.25) is 0 Å². The van der Waals surface area contributed by atoms with Crippen LogP contribution in [0.15, 0.2) is 0 Å². The van der Waals surface area contributed by atoms with E-state index in [1.165, 1.54) is 14.0 Å². The van der Waals surface area contributed by atoms with Gasteiger partial charge >= 0.3 is 20.0 Å². The molecule has 0 aromatic carbocycles. The molecule has 3 atom stereocenters. The quantitative estimate of drug-likeness (QED) is 0.278. The van der Waals surface area contributed by atoms with Crippen LogP contribution in [-0.4, -0.2) is 99.5 Å². The van der Waals surface area contributed by atoms with E-state index in [9.17, 15) is 19.3 Å². The Hall–Kier alpha value is -1.40. The maximum Gasteiger partial charge on any atom is 0.500 e. The molecule has 2 fully saturated rings. The minimum atomic E-state index is -3.71. The number of rotatable bonds is 10. The number of carbonyl (C=O) groups excluding carboxylic acids is 3. The monoisotopic (exact) mass is 480 g/mol. The summed E-state index contributed by atoms with van der Waals surface area (Å²) in [5.74, 6) is -1.52. The normalized spacial score (nSPS) is 26.7. The first-order valence-corrected chi connectivity index (χ1v) is 12.2. The van der Waals surface area contributed by atoms with E-state index in [1.54, 1.807) is 13.8 Å². The second-order valence-corrected chi connectivity index (χ2v) is 10.1. The second-order valence-electron chi connectivity index (χ2n) is 8.36. The third-order valence-corrected chi connectivity index (χ3v) is 6.82. The Morgan fingerprint density at radius 3 is 2.62 bits per heavy atom. The Morgan fingerprint density at radius 2 is 1.97 bits per heavy atom. The molecular weight excluding hydrogens is 445 g/mol. The summed E-state index contributed by atoms with van der Waals surface area (Å²) in [7, 11) is -2.45. The highest BCUT2D eigenvalue weighted by Gasteiger charge is 2.58. The summed E-state index contributed by atoms with van der Waals surface area (Å²) in [5.41, 5.74) is -0.745. The van der Waals surface area contributed by atoms with E-state index < -0.39 is 43.5 Å². The first-order chi connectivity index (χ1) is 15.1. The third-order valence-electron chi connectivity index (χ3n) is 5.13. The van der Waals surface area contributed by atoms with Gasteiger partial charge in [0.25, 0.3) is 5.91 Å². The average Bonchev–Trinajstić information content (AvgIpc) is 2.76. The van der Waals surface area contributed by atoms with Crippen LogP contribution in [-0.2, 0) is 37.6 Å². The molecule has 0 spiro atoms. The Balaban J connectivity index is 1.84. The van der Waals surface area contributed by atoms with Gasteiger partial charge in [0.2, 0.25) is 0 Å². The minimum absolute atomic E-state index is 0.0108. The molecule has 2 rings (SSSR count).